The van der Waals surface area contributed by atoms with E-state index in [2.05, 4.69) is 19.1 Å². The average molecular weight is 248 g/mol. The number of ketones is 1. The first-order valence-corrected chi connectivity index (χ1v) is 6.55. The van der Waals surface area contributed by atoms with Gasteiger partial charge in [0.1, 0.15) is 19.0 Å². The molecule has 98 valence electrons. The molecular weight excluding hydrogens is 228 g/mol. The van der Waals surface area contributed by atoms with Crippen LogP contribution in [0.4, 0.5) is 0 Å². The quantitative estimate of drug-likeness (QED) is 0.751. The van der Waals surface area contributed by atoms with Gasteiger partial charge < -0.3 is 14.3 Å². The molecule has 0 atom stereocenters. The number of aryl methyl sites for hydroxylation is 2. The van der Waals surface area contributed by atoms with E-state index in [1.54, 1.807) is 6.92 Å². The van der Waals surface area contributed by atoms with E-state index in [1.807, 2.05) is 0 Å². The molecule has 3 nitrogen and oxygen atoms in total. The van der Waals surface area contributed by atoms with Gasteiger partial charge in [-0.2, -0.15) is 0 Å². The minimum atomic E-state index is 0.272. The number of unbranched alkanes of at least 4 members (excludes halogenated alkanes) is 1. The van der Waals surface area contributed by atoms with Crippen LogP contribution in [0.2, 0.25) is 0 Å². The predicted octanol–water partition coefficient (Wildman–Crippen LogP) is 3.07. The number of carbonyl (C=O) groups excluding carboxylic acids is 1. The molecule has 0 amide bonds. The van der Waals surface area contributed by atoms with Gasteiger partial charge in [0.25, 0.3) is 0 Å². The maximum absolute atomic E-state index is 10.9. The highest BCUT2D eigenvalue weighted by molar-refractivity contribution is 5.75. The number of benzene rings is 1. The molecule has 0 aliphatic carbocycles. The second kappa shape index (κ2) is 5.89. The number of fused-ring (bicyclic) bond motifs is 1. The second-order valence-corrected chi connectivity index (χ2v) is 4.83. The van der Waals surface area contributed by atoms with E-state index in [1.165, 1.54) is 11.1 Å². The first-order valence-electron chi connectivity index (χ1n) is 6.55. The largest absolute Gasteiger partial charge is 0.486 e. The van der Waals surface area contributed by atoms with E-state index in [4.69, 9.17) is 9.47 Å². The summed E-state index contributed by atoms with van der Waals surface area (Å²) in [6.45, 7) is 5.00. The van der Waals surface area contributed by atoms with E-state index in [0.717, 1.165) is 30.8 Å². The number of hydrogen-bond donors (Lipinski definition) is 0. The standard InChI is InChI=1S/C15H20O3/c1-11-9-14-15(18-8-7-17-14)10-13(11)6-4-3-5-12(2)16/h9-10H,3-8H2,1-2H3. The Morgan fingerprint density at radius 3 is 2.50 bits per heavy atom. The van der Waals surface area contributed by atoms with Gasteiger partial charge in [-0.05, 0) is 56.4 Å². The van der Waals surface area contributed by atoms with Gasteiger partial charge in [-0.3, -0.25) is 0 Å². The summed E-state index contributed by atoms with van der Waals surface area (Å²) in [6, 6.07) is 4.13. The van der Waals surface area contributed by atoms with E-state index in [9.17, 15) is 4.79 Å². The Kier molecular flexibility index (Phi) is 4.24. The minimum absolute atomic E-state index is 0.272. The maximum atomic E-state index is 10.9. The molecule has 18 heavy (non-hydrogen) atoms. The number of Topliss-reactive ketones (excluding diaryl/α,β-unsaturated/α-hetero) is 1. The van der Waals surface area contributed by atoms with Gasteiger partial charge in [-0.15, -0.1) is 0 Å². The van der Waals surface area contributed by atoms with Crippen molar-refractivity contribution in [2.45, 2.75) is 39.5 Å². The van der Waals surface area contributed by atoms with Crippen molar-refractivity contribution in [3.63, 3.8) is 0 Å². The van der Waals surface area contributed by atoms with Gasteiger partial charge in [-0.25, -0.2) is 0 Å². The molecule has 0 spiro atoms. The summed E-state index contributed by atoms with van der Waals surface area (Å²) in [5.74, 6) is 1.98. The zero-order valence-corrected chi connectivity index (χ0v) is 11.1. The van der Waals surface area contributed by atoms with Gasteiger partial charge in [-0.1, -0.05) is 0 Å². The molecule has 0 bridgehead atoms. The lowest BCUT2D eigenvalue weighted by molar-refractivity contribution is -0.117. The van der Waals surface area contributed by atoms with Crippen LogP contribution in [0.3, 0.4) is 0 Å². The number of hydrogen-bond acceptors (Lipinski definition) is 3. The lowest BCUT2D eigenvalue weighted by Gasteiger charge is -2.20. The molecule has 1 aromatic carbocycles. The van der Waals surface area contributed by atoms with Crippen LogP contribution >= 0.6 is 0 Å². The molecule has 0 radical (unpaired) electrons. The van der Waals surface area contributed by atoms with Crippen LogP contribution in [0.15, 0.2) is 12.1 Å². The Labute approximate surface area is 108 Å². The summed E-state index contributed by atoms with van der Waals surface area (Å²) in [5.41, 5.74) is 2.53. The molecule has 0 N–H and O–H groups in total. The average Bonchev–Trinajstić information content (AvgIpc) is 2.34. The smallest absolute Gasteiger partial charge is 0.161 e. The van der Waals surface area contributed by atoms with Crippen molar-refractivity contribution in [1.82, 2.24) is 0 Å². The Hall–Kier alpha value is -1.51. The summed E-state index contributed by atoms with van der Waals surface area (Å²) >= 11 is 0. The molecule has 2 rings (SSSR count). The van der Waals surface area contributed by atoms with Crippen molar-refractivity contribution in [1.29, 1.82) is 0 Å². The highest BCUT2D eigenvalue weighted by Crippen LogP contribution is 2.33. The van der Waals surface area contributed by atoms with Crippen LogP contribution in [-0.2, 0) is 11.2 Å². The number of rotatable bonds is 5. The monoisotopic (exact) mass is 248 g/mol. The number of ether oxygens (including phenoxy) is 2. The fraction of sp³-hybridized carbons (Fsp3) is 0.533. The molecule has 1 aliphatic heterocycles. The SMILES string of the molecule is CC(=O)CCCCc1cc2c(cc1C)OCCO2. The highest BCUT2D eigenvalue weighted by Gasteiger charge is 2.13. The normalized spacial score (nSPS) is 13.4. The van der Waals surface area contributed by atoms with Gasteiger partial charge in [0, 0.05) is 6.42 Å². The molecular formula is C15H20O3. The first kappa shape index (κ1) is 12.9. The first-order chi connectivity index (χ1) is 8.66. The molecule has 0 fully saturated rings. The van der Waals surface area contributed by atoms with Crippen LogP contribution < -0.4 is 9.47 Å². The van der Waals surface area contributed by atoms with E-state index < -0.39 is 0 Å². The Morgan fingerprint density at radius 2 is 1.83 bits per heavy atom. The molecule has 1 aromatic rings. The van der Waals surface area contributed by atoms with Gasteiger partial charge in [0.2, 0.25) is 0 Å². The van der Waals surface area contributed by atoms with Crippen LogP contribution in [0.1, 0.15) is 37.3 Å². The summed E-state index contributed by atoms with van der Waals surface area (Å²) in [7, 11) is 0. The van der Waals surface area contributed by atoms with Gasteiger partial charge in [0.15, 0.2) is 11.5 Å². The summed E-state index contributed by atoms with van der Waals surface area (Å²) in [5, 5.41) is 0. The van der Waals surface area contributed by atoms with Gasteiger partial charge in [0.05, 0.1) is 0 Å². The van der Waals surface area contributed by atoms with Crippen molar-refractivity contribution in [2.75, 3.05) is 13.2 Å². The second-order valence-electron chi connectivity index (χ2n) is 4.83. The topological polar surface area (TPSA) is 35.5 Å². The van der Waals surface area contributed by atoms with Crippen molar-refractivity contribution in [3.05, 3.63) is 23.3 Å². The summed E-state index contributed by atoms with van der Waals surface area (Å²) in [4.78, 5) is 10.9. The molecule has 0 aromatic heterocycles. The zero-order valence-electron chi connectivity index (χ0n) is 11.1. The van der Waals surface area contributed by atoms with Gasteiger partial charge >= 0.3 is 0 Å². The Bertz CT molecular complexity index is 438. The van der Waals surface area contributed by atoms with E-state index >= 15 is 0 Å². The van der Waals surface area contributed by atoms with Crippen molar-refractivity contribution in [2.24, 2.45) is 0 Å². The predicted molar refractivity (Wildman–Crippen MR) is 70.4 cm³/mol. The van der Waals surface area contributed by atoms with Crippen LogP contribution in [-0.4, -0.2) is 19.0 Å². The lowest BCUT2D eigenvalue weighted by Crippen LogP contribution is -2.15. The third-order valence-corrected chi connectivity index (χ3v) is 3.23. The molecule has 0 unspecified atom stereocenters. The van der Waals surface area contributed by atoms with E-state index in [-0.39, 0.29) is 5.78 Å². The van der Waals surface area contributed by atoms with Crippen molar-refractivity contribution < 1.29 is 14.3 Å². The third kappa shape index (κ3) is 3.25. The number of carbonyl (C=O) groups is 1. The third-order valence-electron chi connectivity index (χ3n) is 3.23. The highest BCUT2D eigenvalue weighted by atomic mass is 16.6. The fourth-order valence-electron chi connectivity index (χ4n) is 2.19. The lowest BCUT2D eigenvalue weighted by atomic mass is 10.0. The van der Waals surface area contributed by atoms with Crippen LogP contribution in [0.5, 0.6) is 11.5 Å². The molecule has 1 heterocycles. The molecule has 0 saturated heterocycles. The van der Waals surface area contributed by atoms with E-state index in [0.29, 0.717) is 19.6 Å². The van der Waals surface area contributed by atoms with Crippen molar-refractivity contribution >= 4 is 5.78 Å². The Balaban J connectivity index is 1.97. The van der Waals surface area contributed by atoms with Crippen molar-refractivity contribution in [3.8, 4) is 11.5 Å². The zero-order chi connectivity index (χ0) is 13.0. The summed E-state index contributed by atoms with van der Waals surface area (Å²) < 4.78 is 11.1. The molecule has 1 aliphatic rings. The maximum Gasteiger partial charge on any atom is 0.161 e. The van der Waals surface area contributed by atoms with Crippen LogP contribution in [0.25, 0.3) is 0 Å². The molecule has 3 heteroatoms. The summed E-state index contributed by atoms with van der Waals surface area (Å²) in [6.07, 6.45) is 3.68. The Morgan fingerprint density at radius 1 is 1.17 bits per heavy atom. The van der Waals surface area contributed by atoms with Crippen LogP contribution in [0, 0.1) is 6.92 Å². The minimum Gasteiger partial charge on any atom is -0.486 e. The fourth-order valence-corrected chi connectivity index (χ4v) is 2.19. The molecule has 0 saturated carbocycles.